The number of benzene rings is 1. The molecule has 0 spiro atoms. The van der Waals surface area contributed by atoms with Crippen molar-refractivity contribution in [3.63, 3.8) is 0 Å². The highest BCUT2D eigenvalue weighted by Crippen LogP contribution is 2.40. The van der Waals surface area contributed by atoms with Gasteiger partial charge in [-0.05, 0) is 56.1 Å². The molecule has 0 aromatic heterocycles. The van der Waals surface area contributed by atoms with E-state index >= 15 is 0 Å². The van der Waals surface area contributed by atoms with Gasteiger partial charge in [-0.3, -0.25) is 14.6 Å². The molecule has 1 amide bonds. The van der Waals surface area contributed by atoms with Crippen molar-refractivity contribution in [2.24, 2.45) is 5.73 Å². The first kappa shape index (κ1) is 15.2. The molecule has 3 atom stereocenters. The summed E-state index contributed by atoms with van der Waals surface area (Å²) in [6.07, 6.45) is 8.50. The van der Waals surface area contributed by atoms with Crippen LogP contribution in [0.2, 0.25) is 0 Å². The largest absolute Gasteiger partial charge is 0.368 e. The maximum Gasteiger partial charge on any atom is 0.234 e. The number of nitrogens with zero attached hydrogens (tertiary/aromatic N) is 2. The van der Waals surface area contributed by atoms with Crippen LogP contribution in [0.1, 0.15) is 55.7 Å². The Hall–Kier alpha value is -1.39. The summed E-state index contributed by atoms with van der Waals surface area (Å²) in [6.45, 7) is 2.16. The van der Waals surface area contributed by atoms with Crippen LogP contribution in [0, 0.1) is 0 Å². The molecule has 0 radical (unpaired) electrons. The summed E-state index contributed by atoms with van der Waals surface area (Å²) in [5.74, 6) is -0.140. The Balaban J connectivity index is 1.65. The monoisotopic (exact) mass is 313 g/mol. The second kappa shape index (κ2) is 6.25. The van der Waals surface area contributed by atoms with Crippen LogP contribution < -0.4 is 5.73 Å². The molecular formula is C19H27N3O. The third-order valence-electron chi connectivity index (χ3n) is 6.01. The molecule has 4 heteroatoms. The minimum Gasteiger partial charge on any atom is -0.368 e. The smallest absolute Gasteiger partial charge is 0.234 e. The van der Waals surface area contributed by atoms with Crippen LogP contribution in [0.15, 0.2) is 24.3 Å². The highest BCUT2D eigenvalue weighted by Gasteiger charge is 2.43. The Morgan fingerprint density at radius 2 is 1.78 bits per heavy atom. The first-order valence-corrected chi connectivity index (χ1v) is 9.14. The number of hydrogen-bond acceptors (Lipinski definition) is 3. The molecule has 2 unspecified atom stereocenters. The van der Waals surface area contributed by atoms with Crippen LogP contribution in [-0.4, -0.2) is 41.0 Å². The third kappa shape index (κ3) is 2.68. The Bertz CT molecular complexity index is 588. The van der Waals surface area contributed by atoms with E-state index in [1.54, 1.807) is 0 Å². The molecule has 2 N–H and O–H groups in total. The minimum absolute atomic E-state index is 0.0561. The van der Waals surface area contributed by atoms with E-state index in [0.29, 0.717) is 12.2 Å². The van der Waals surface area contributed by atoms with Gasteiger partial charge in [-0.25, -0.2) is 0 Å². The first-order chi connectivity index (χ1) is 11.3. The lowest BCUT2D eigenvalue weighted by Gasteiger charge is -2.42. The van der Waals surface area contributed by atoms with Gasteiger partial charge in [0, 0.05) is 19.1 Å². The van der Waals surface area contributed by atoms with Crippen LogP contribution in [-0.2, 0) is 11.2 Å². The van der Waals surface area contributed by atoms with Gasteiger partial charge in [0.05, 0.1) is 12.2 Å². The van der Waals surface area contributed by atoms with E-state index in [2.05, 4.69) is 34.1 Å². The summed E-state index contributed by atoms with van der Waals surface area (Å²) < 4.78 is 0. The van der Waals surface area contributed by atoms with Crippen LogP contribution in [0.5, 0.6) is 0 Å². The summed E-state index contributed by atoms with van der Waals surface area (Å²) in [5.41, 5.74) is 8.69. The highest BCUT2D eigenvalue weighted by molar-refractivity contribution is 5.80. The fourth-order valence-electron chi connectivity index (χ4n) is 4.99. The molecule has 2 fully saturated rings. The maximum absolute atomic E-state index is 11.8. The number of carbonyl (C=O) groups excluding carboxylic acids is 1. The van der Waals surface area contributed by atoms with Gasteiger partial charge in [-0.15, -0.1) is 0 Å². The van der Waals surface area contributed by atoms with Crippen molar-refractivity contribution in [3.8, 4) is 0 Å². The number of primary amides is 1. The average molecular weight is 313 g/mol. The lowest BCUT2D eigenvalue weighted by atomic mass is 9.86. The Labute approximate surface area is 138 Å². The van der Waals surface area contributed by atoms with Gasteiger partial charge in [0.15, 0.2) is 0 Å². The fourth-order valence-corrected chi connectivity index (χ4v) is 4.99. The molecule has 4 nitrogen and oxygen atoms in total. The van der Waals surface area contributed by atoms with Crippen LogP contribution in [0.3, 0.4) is 0 Å². The molecule has 2 heterocycles. The summed E-state index contributed by atoms with van der Waals surface area (Å²) in [6, 6.07) is 9.39. The number of fused-ring (bicyclic) bond motifs is 2. The topological polar surface area (TPSA) is 49.6 Å². The Morgan fingerprint density at radius 3 is 2.61 bits per heavy atom. The number of hydrogen-bond donors (Lipinski definition) is 1. The van der Waals surface area contributed by atoms with Crippen molar-refractivity contribution in [1.29, 1.82) is 0 Å². The quantitative estimate of drug-likeness (QED) is 0.912. The molecule has 1 aliphatic carbocycles. The van der Waals surface area contributed by atoms with Crippen LogP contribution in [0.4, 0.5) is 0 Å². The fraction of sp³-hybridized carbons (Fsp3) is 0.632. The zero-order valence-corrected chi connectivity index (χ0v) is 13.8. The number of aryl methyl sites for hydroxylation is 1. The summed E-state index contributed by atoms with van der Waals surface area (Å²) in [4.78, 5) is 16.9. The SMILES string of the molecule is NC(=O)C1CCC2N1CCCCN2[C@@H]1CCCc2ccccc21. The van der Waals surface area contributed by atoms with E-state index in [1.165, 1.54) is 43.2 Å². The highest BCUT2D eigenvalue weighted by atomic mass is 16.1. The molecule has 23 heavy (non-hydrogen) atoms. The maximum atomic E-state index is 11.8. The number of rotatable bonds is 2. The van der Waals surface area contributed by atoms with Crippen LogP contribution >= 0.6 is 0 Å². The lowest BCUT2D eigenvalue weighted by molar-refractivity contribution is -0.123. The lowest BCUT2D eigenvalue weighted by Crippen LogP contribution is -2.50. The van der Waals surface area contributed by atoms with Crippen molar-refractivity contribution in [3.05, 3.63) is 35.4 Å². The Morgan fingerprint density at radius 1 is 1.00 bits per heavy atom. The van der Waals surface area contributed by atoms with Gasteiger partial charge in [0.1, 0.15) is 0 Å². The molecule has 4 rings (SSSR count). The van der Waals surface area contributed by atoms with E-state index < -0.39 is 0 Å². The second-order valence-electron chi connectivity index (χ2n) is 7.27. The second-order valence-corrected chi connectivity index (χ2v) is 7.27. The zero-order valence-electron chi connectivity index (χ0n) is 13.8. The third-order valence-corrected chi connectivity index (χ3v) is 6.01. The molecule has 2 saturated heterocycles. The van der Waals surface area contributed by atoms with Crippen LogP contribution in [0.25, 0.3) is 0 Å². The van der Waals surface area contributed by atoms with Crippen molar-refractivity contribution < 1.29 is 4.79 Å². The summed E-state index contributed by atoms with van der Waals surface area (Å²) >= 11 is 0. The van der Waals surface area contributed by atoms with Gasteiger partial charge in [0.25, 0.3) is 0 Å². The van der Waals surface area contributed by atoms with Gasteiger partial charge in [-0.2, -0.15) is 0 Å². The Kier molecular flexibility index (Phi) is 4.12. The van der Waals surface area contributed by atoms with Gasteiger partial charge in [0.2, 0.25) is 5.91 Å². The molecule has 0 saturated carbocycles. The van der Waals surface area contributed by atoms with E-state index in [4.69, 9.17) is 5.73 Å². The number of amides is 1. The minimum atomic E-state index is -0.140. The van der Waals surface area contributed by atoms with Crippen molar-refractivity contribution >= 4 is 5.91 Å². The predicted molar refractivity (Wildman–Crippen MR) is 90.8 cm³/mol. The molecule has 0 bridgehead atoms. The van der Waals surface area contributed by atoms with E-state index in [1.807, 2.05) is 0 Å². The molecule has 1 aromatic carbocycles. The van der Waals surface area contributed by atoms with Gasteiger partial charge >= 0.3 is 0 Å². The molecular weight excluding hydrogens is 286 g/mol. The average Bonchev–Trinajstić information content (AvgIpc) is 2.88. The van der Waals surface area contributed by atoms with Gasteiger partial charge in [-0.1, -0.05) is 24.3 Å². The molecule has 2 aliphatic heterocycles. The van der Waals surface area contributed by atoms with E-state index in [9.17, 15) is 4.79 Å². The summed E-state index contributed by atoms with van der Waals surface area (Å²) in [7, 11) is 0. The standard InChI is InChI=1S/C19H27N3O/c20-19(23)17-10-11-18-21(12-3-4-13-22(17)18)16-9-5-7-14-6-1-2-8-15(14)16/h1-2,6,8,16-18H,3-5,7,9-13H2,(H2,20,23)/t16-,17?,18?/m1/s1. The summed E-state index contributed by atoms with van der Waals surface area (Å²) in [5, 5.41) is 0. The molecule has 3 aliphatic rings. The van der Waals surface area contributed by atoms with Crippen molar-refractivity contribution in [2.45, 2.75) is 63.2 Å². The number of nitrogens with two attached hydrogens (primary N) is 1. The van der Waals surface area contributed by atoms with Gasteiger partial charge < -0.3 is 5.73 Å². The zero-order chi connectivity index (χ0) is 15.8. The molecule has 124 valence electrons. The molecule has 1 aromatic rings. The van der Waals surface area contributed by atoms with E-state index in [-0.39, 0.29) is 11.9 Å². The predicted octanol–water partition coefficient (Wildman–Crippen LogP) is 2.44. The van der Waals surface area contributed by atoms with Crippen molar-refractivity contribution in [2.75, 3.05) is 13.1 Å². The normalized spacial score (nSPS) is 32.1. The van der Waals surface area contributed by atoms with E-state index in [0.717, 1.165) is 25.9 Å². The first-order valence-electron chi connectivity index (χ1n) is 9.14. The number of carbonyl (C=O) groups is 1. The van der Waals surface area contributed by atoms with Crippen molar-refractivity contribution in [1.82, 2.24) is 9.80 Å².